The molecule has 0 aromatic heterocycles. The van der Waals surface area contributed by atoms with Crippen LogP contribution in [-0.2, 0) is 4.79 Å². The fourth-order valence-electron chi connectivity index (χ4n) is 2.66. The maximum Gasteiger partial charge on any atom is 0.285 e. The van der Waals surface area contributed by atoms with Crippen molar-refractivity contribution in [2.75, 3.05) is 13.2 Å². The zero-order chi connectivity index (χ0) is 22.4. The number of rotatable bonds is 7. The van der Waals surface area contributed by atoms with Gasteiger partial charge in [0.15, 0.2) is 15.8 Å². The highest BCUT2D eigenvalue weighted by Gasteiger charge is 2.34. The Morgan fingerprint density at radius 1 is 1.32 bits per heavy atom. The van der Waals surface area contributed by atoms with E-state index in [-0.39, 0.29) is 10.9 Å². The lowest BCUT2D eigenvalue weighted by molar-refractivity contribution is -0.123. The van der Waals surface area contributed by atoms with E-state index in [2.05, 4.69) is 27.3 Å². The SMILES string of the molecule is C#CCOc1c(Br)cc(/C=C2\SC(=S)N(NC(=O)c3ccccc3)C2=O)cc1OCC. The average Bonchev–Trinajstić information content (AvgIpc) is 3.01. The maximum absolute atomic E-state index is 12.8. The van der Waals surface area contributed by atoms with E-state index in [4.69, 9.17) is 28.1 Å². The van der Waals surface area contributed by atoms with Gasteiger partial charge in [-0.05, 0) is 71.0 Å². The highest BCUT2D eigenvalue weighted by molar-refractivity contribution is 9.10. The number of nitrogens with zero attached hydrogens (tertiary/aromatic N) is 1. The molecule has 0 spiro atoms. The molecule has 1 saturated heterocycles. The predicted molar refractivity (Wildman–Crippen MR) is 129 cm³/mol. The van der Waals surface area contributed by atoms with Crippen molar-refractivity contribution < 1.29 is 19.1 Å². The largest absolute Gasteiger partial charge is 0.490 e. The summed E-state index contributed by atoms with van der Waals surface area (Å²) in [6.45, 7) is 2.37. The van der Waals surface area contributed by atoms with Crippen LogP contribution in [0.5, 0.6) is 11.5 Å². The van der Waals surface area contributed by atoms with Gasteiger partial charge >= 0.3 is 0 Å². The van der Waals surface area contributed by atoms with Crippen molar-refractivity contribution in [3.05, 3.63) is 63.0 Å². The van der Waals surface area contributed by atoms with Crippen LogP contribution >= 0.6 is 39.9 Å². The van der Waals surface area contributed by atoms with Crippen molar-refractivity contribution >= 4 is 62.1 Å². The van der Waals surface area contributed by atoms with Gasteiger partial charge in [-0.3, -0.25) is 15.0 Å². The molecule has 6 nitrogen and oxygen atoms in total. The van der Waals surface area contributed by atoms with E-state index >= 15 is 0 Å². The van der Waals surface area contributed by atoms with Gasteiger partial charge in [0.05, 0.1) is 16.0 Å². The minimum atomic E-state index is -0.422. The van der Waals surface area contributed by atoms with E-state index in [9.17, 15) is 9.59 Å². The Morgan fingerprint density at radius 3 is 2.74 bits per heavy atom. The zero-order valence-corrected chi connectivity index (χ0v) is 19.6. The maximum atomic E-state index is 12.8. The summed E-state index contributed by atoms with van der Waals surface area (Å²) in [5, 5.41) is 1.07. The van der Waals surface area contributed by atoms with Crippen LogP contribution in [0.3, 0.4) is 0 Å². The molecular formula is C22H17BrN2O4S2. The topological polar surface area (TPSA) is 67.9 Å². The lowest BCUT2D eigenvalue weighted by Crippen LogP contribution is -2.44. The summed E-state index contributed by atoms with van der Waals surface area (Å²) >= 11 is 9.84. The Labute approximate surface area is 198 Å². The summed E-state index contributed by atoms with van der Waals surface area (Å²) in [7, 11) is 0. The number of terminal acetylenes is 1. The molecule has 0 radical (unpaired) electrons. The highest BCUT2D eigenvalue weighted by atomic mass is 79.9. The molecule has 158 valence electrons. The molecule has 0 unspecified atom stereocenters. The Hall–Kier alpha value is -2.80. The summed E-state index contributed by atoms with van der Waals surface area (Å²) in [4.78, 5) is 25.6. The lowest BCUT2D eigenvalue weighted by Gasteiger charge is -2.15. The van der Waals surface area contributed by atoms with E-state index in [0.717, 1.165) is 16.8 Å². The molecule has 1 fully saturated rings. The minimum absolute atomic E-state index is 0.0950. The minimum Gasteiger partial charge on any atom is -0.490 e. The third-order valence-electron chi connectivity index (χ3n) is 3.97. The highest BCUT2D eigenvalue weighted by Crippen LogP contribution is 2.39. The number of hydrazine groups is 1. The Morgan fingerprint density at radius 2 is 2.06 bits per heavy atom. The standard InChI is InChI=1S/C22H17BrN2O4S2/c1-3-10-29-19-16(23)11-14(12-17(19)28-4-2)13-18-21(27)25(22(30)31-18)24-20(26)15-8-6-5-7-9-15/h1,5-9,11-13H,4,10H2,2H3,(H,24,26)/b18-13-. The van der Waals surface area contributed by atoms with Crippen LogP contribution in [0.2, 0.25) is 0 Å². The normalized spacial score (nSPS) is 14.5. The first-order valence-corrected chi connectivity index (χ1v) is 11.1. The molecule has 1 aliphatic heterocycles. The number of benzene rings is 2. The van der Waals surface area contributed by atoms with Crippen LogP contribution in [0, 0.1) is 12.3 Å². The van der Waals surface area contributed by atoms with Gasteiger partial charge in [-0.15, -0.1) is 6.42 Å². The second-order valence-electron chi connectivity index (χ2n) is 6.08. The molecule has 2 amide bonds. The Kier molecular flexibility index (Phi) is 7.74. The summed E-state index contributed by atoms with van der Waals surface area (Å²) < 4.78 is 12.1. The molecule has 2 aromatic rings. The van der Waals surface area contributed by atoms with Crippen molar-refractivity contribution in [1.29, 1.82) is 0 Å². The smallest absolute Gasteiger partial charge is 0.285 e. The van der Waals surface area contributed by atoms with Gasteiger partial charge in [-0.2, -0.15) is 5.01 Å². The average molecular weight is 517 g/mol. The summed E-state index contributed by atoms with van der Waals surface area (Å²) in [5.74, 6) is 2.56. The summed E-state index contributed by atoms with van der Waals surface area (Å²) in [6, 6.07) is 12.1. The quantitative estimate of drug-likeness (QED) is 0.334. The zero-order valence-electron chi connectivity index (χ0n) is 16.4. The second-order valence-corrected chi connectivity index (χ2v) is 8.61. The summed E-state index contributed by atoms with van der Waals surface area (Å²) in [5.41, 5.74) is 3.67. The second kappa shape index (κ2) is 10.5. The molecule has 0 saturated carbocycles. The van der Waals surface area contributed by atoms with Gasteiger partial charge in [-0.25, -0.2) is 0 Å². The molecule has 3 rings (SSSR count). The van der Waals surface area contributed by atoms with E-state index in [1.54, 1.807) is 48.5 Å². The molecule has 0 bridgehead atoms. The molecule has 0 atom stereocenters. The first kappa shape index (κ1) is 22.9. The van der Waals surface area contributed by atoms with Gasteiger partial charge in [0.1, 0.15) is 6.61 Å². The van der Waals surface area contributed by atoms with E-state index in [0.29, 0.717) is 38.6 Å². The number of thiocarbonyl (C=S) groups is 1. The van der Waals surface area contributed by atoms with Crippen LogP contribution in [0.15, 0.2) is 51.8 Å². The number of hydrogen-bond donors (Lipinski definition) is 1. The molecule has 31 heavy (non-hydrogen) atoms. The number of nitrogens with one attached hydrogen (secondary N) is 1. The number of hydrogen-bond acceptors (Lipinski definition) is 6. The monoisotopic (exact) mass is 516 g/mol. The molecule has 1 N–H and O–H groups in total. The fraction of sp³-hybridized carbons (Fsp3) is 0.136. The molecule has 9 heteroatoms. The van der Waals surface area contributed by atoms with Gasteiger partial charge in [-0.1, -0.05) is 35.9 Å². The number of ether oxygens (including phenoxy) is 2. The number of carbonyl (C=O) groups is 2. The van der Waals surface area contributed by atoms with E-state index < -0.39 is 11.8 Å². The van der Waals surface area contributed by atoms with Crippen molar-refractivity contribution in [3.8, 4) is 23.8 Å². The number of carbonyl (C=O) groups excluding carboxylic acids is 2. The van der Waals surface area contributed by atoms with Crippen molar-refractivity contribution in [2.24, 2.45) is 0 Å². The summed E-state index contributed by atoms with van der Waals surface area (Å²) in [6.07, 6.45) is 6.95. The van der Waals surface area contributed by atoms with Crippen LogP contribution in [0.25, 0.3) is 6.08 Å². The molecule has 0 aliphatic carbocycles. The Bertz CT molecular complexity index is 1100. The molecule has 1 heterocycles. The van der Waals surface area contributed by atoms with Gasteiger partial charge in [0, 0.05) is 5.56 Å². The van der Waals surface area contributed by atoms with Gasteiger partial charge in [0.2, 0.25) is 0 Å². The number of amides is 2. The lowest BCUT2D eigenvalue weighted by atomic mass is 10.2. The van der Waals surface area contributed by atoms with Crippen molar-refractivity contribution in [1.82, 2.24) is 10.4 Å². The molecule has 1 aliphatic rings. The number of halogens is 1. The first-order chi connectivity index (χ1) is 14.9. The van der Waals surface area contributed by atoms with E-state index in [1.165, 1.54) is 0 Å². The van der Waals surface area contributed by atoms with E-state index in [1.807, 2.05) is 6.92 Å². The molecular weight excluding hydrogens is 500 g/mol. The third-order valence-corrected chi connectivity index (χ3v) is 5.86. The van der Waals surface area contributed by atoms with Crippen molar-refractivity contribution in [2.45, 2.75) is 6.92 Å². The van der Waals surface area contributed by atoms with Gasteiger partial charge < -0.3 is 9.47 Å². The van der Waals surface area contributed by atoms with Crippen molar-refractivity contribution in [3.63, 3.8) is 0 Å². The first-order valence-electron chi connectivity index (χ1n) is 9.11. The fourth-order valence-corrected chi connectivity index (χ4v) is 4.41. The molecule has 2 aromatic carbocycles. The third kappa shape index (κ3) is 5.47. The van der Waals surface area contributed by atoms with Gasteiger partial charge in [0.25, 0.3) is 11.8 Å². The van der Waals surface area contributed by atoms with Crippen LogP contribution in [0.1, 0.15) is 22.8 Å². The van der Waals surface area contributed by atoms with Crippen LogP contribution < -0.4 is 14.9 Å². The Balaban J connectivity index is 1.83. The van der Waals surface area contributed by atoms with Crippen LogP contribution in [0.4, 0.5) is 0 Å². The van der Waals surface area contributed by atoms with Crippen LogP contribution in [-0.4, -0.2) is 34.4 Å². The number of thioether (sulfide) groups is 1. The predicted octanol–water partition coefficient (Wildman–Crippen LogP) is 4.41.